The number of rotatable bonds is 3. The number of carboxylic acid groups (broad SMARTS) is 1. The number of hydrogen-bond donors (Lipinski definition) is 0. The highest BCUT2D eigenvalue weighted by molar-refractivity contribution is 6.02. The number of benzene rings is 1. The van der Waals surface area contributed by atoms with E-state index in [0.29, 0.717) is 18.0 Å². The second-order valence-electron chi connectivity index (χ2n) is 5.84. The zero-order valence-electron chi connectivity index (χ0n) is 11.9. The van der Waals surface area contributed by atoms with Crippen molar-refractivity contribution in [2.24, 2.45) is 11.8 Å². The molecule has 2 saturated heterocycles. The van der Waals surface area contributed by atoms with Gasteiger partial charge in [0.25, 0.3) is 0 Å². The third-order valence-corrected chi connectivity index (χ3v) is 4.74. The van der Waals surface area contributed by atoms with Crippen LogP contribution < -0.4 is 14.7 Å². The van der Waals surface area contributed by atoms with Crippen LogP contribution in [0.15, 0.2) is 36.4 Å². The first kappa shape index (κ1) is 13.3. The van der Waals surface area contributed by atoms with Crippen molar-refractivity contribution in [1.82, 2.24) is 0 Å². The van der Waals surface area contributed by atoms with Crippen LogP contribution in [0.4, 0.5) is 5.69 Å². The summed E-state index contributed by atoms with van der Waals surface area (Å²) in [6.45, 7) is 0.306. The van der Waals surface area contributed by atoms with Crippen LogP contribution in [0.2, 0.25) is 0 Å². The minimum atomic E-state index is -1.23. The van der Waals surface area contributed by atoms with Gasteiger partial charge in [0, 0.05) is 23.6 Å². The molecule has 6 nitrogen and oxygen atoms in total. The van der Waals surface area contributed by atoms with E-state index in [1.54, 1.807) is 42.4 Å². The van der Waals surface area contributed by atoms with Crippen LogP contribution in [0.1, 0.15) is 0 Å². The molecule has 3 aliphatic rings. The molecule has 0 radical (unpaired) electrons. The molecule has 3 aliphatic heterocycles. The Morgan fingerprint density at radius 1 is 1.50 bits per heavy atom. The number of hydrogen-bond acceptors (Lipinski definition) is 5. The quantitative estimate of drug-likeness (QED) is 0.718. The molecule has 3 heterocycles. The Balaban J connectivity index is 1.73. The van der Waals surface area contributed by atoms with Gasteiger partial charge in [-0.25, -0.2) is 0 Å². The molecule has 4 rings (SSSR count). The summed E-state index contributed by atoms with van der Waals surface area (Å²) in [7, 11) is 1.55. The molecule has 114 valence electrons. The summed E-state index contributed by atoms with van der Waals surface area (Å²) >= 11 is 0. The Morgan fingerprint density at radius 3 is 3.05 bits per heavy atom. The van der Waals surface area contributed by atoms with Crippen LogP contribution in [0.5, 0.6) is 5.75 Å². The smallest absolute Gasteiger partial charge is 0.234 e. The average molecular weight is 300 g/mol. The summed E-state index contributed by atoms with van der Waals surface area (Å²) in [5.74, 6) is -2.49. The standard InChI is InChI=1S/C16H15NO5/c1-21-10-4-2-3-9(7-10)17-8-16-6-5-11(22-16)12(15(19)20)13(16)14(17)18/h2-7,11-13H,8H2,1H3,(H,19,20)/p-1/t11-,12+,13+,16+/m0/s1. The third-order valence-electron chi connectivity index (χ3n) is 4.74. The number of carbonyl (C=O) groups excluding carboxylic acids is 2. The maximum absolute atomic E-state index is 12.8. The van der Waals surface area contributed by atoms with E-state index in [0.717, 1.165) is 0 Å². The molecule has 0 aliphatic carbocycles. The lowest BCUT2D eigenvalue weighted by atomic mass is 9.77. The average Bonchev–Trinajstić information content (AvgIpc) is 3.15. The van der Waals surface area contributed by atoms with Gasteiger partial charge in [-0.05, 0) is 12.1 Å². The van der Waals surface area contributed by atoms with Gasteiger partial charge in [0.15, 0.2) is 0 Å². The summed E-state index contributed by atoms with van der Waals surface area (Å²) in [5.41, 5.74) is -0.180. The Labute approximate surface area is 126 Å². The van der Waals surface area contributed by atoms with Crippen molar-refractivity contribution in [3.63, 3.8) is 0 Å². The molecule has 6 heteroatoms. The molecular weight excluding hydrogens is 286 g/mol. The number of carboxylic acids is 1. The topological polar surface area (TPSA) is 78.9 Å². The van der Waals surface area contributed by atoms with Gasteiger partial charge in [-0.3, -0.25) is 4.79 Å². The summed E-state index contributed by atoms with van der Waals surface area (Å²) in [4.78, 5) is 25.7. The highest BCUT2D eigenvalue weighted by Crippen LogP contribution is 2.52. The van der Waals surface area contributed by atoms with Gasteiger partial charge < -0.3 is 24.3 Å². The van der Waals surface area contributed by atoms with Crippen molar-refractivity contribution < 1.29 is 24.2 Å². The summed E-state index contributed by atoms with van der Waals surface area (Å²) in [5, 5.41) is 11.4. The second-order valence-corrected chi connectivity index (χ2v) is 5.84. The molecular formula is C16H14NO5-. The Kier molecular flexibility index (Phi) is 2.62. The Morgan fingerprint density at radius 2 is 2.32 bits per heavy atom. The summed E-state index contributed by atoms with van der Waals surface area (Å²) < 4.78 is 11.0. The number of ether oxygens (including phenoxy) is 2. The van der Waals surface area contributed by atoms with Crippen LogP contribution in [0.3, 0.4) is 0 Å². The van der Waals surface area contributed by atoms with Gasteiger partial charge in [-0.1, -0.05) is 18.2 Å². The van der Waals surface area contributed by atoms with E-state index in [1.165, 1.54) is 0 Å². The first-order valence-corrected chi connectivity index (χ1v) is 7.09. The van der Waals surface area contributed by atoms with E-state index < -0.39 is 29.5 Å². The maximum atomic E-state index is 12.8. The van der Waals surface area contributed by atoms with Crippen molar-refractivity contribution in [3.05, 3.63) is 36.4 Å². The van der Waals surface area contributed by atoms with Gasteiger partial charge >= 0.3 is 0 Å². The van der Waals surface area contributed by atoms with E-state index in [-0.39, 0.29) is 5.91 Å². The van der Waals surface area contributed by atoms with Crippen molar-refractivity contribution in [3.8, 4) is 5.75 Å². The predicted octanol–water partition coefficient (Wildman–Crippen LogP) is -0.269. The lowest BCUT2D eigenvalue weighted by molar-refractivity contribution is -0.313. The van der Waals surface area contributed by atoms with Crippen LogP contribution in [0, 0.1) is 11.8 Å². The van der Waals surface area contributed by atoms with Gasteiger partial charge in [-0.15, -0.1) is 0 Å². The fraction of sp³-hybridized carbons (Fsp3) is 0.375. The molecule has 22 heavy (non-hydrogen) atoms. The molecule has 0 N–H and O–H groups in total. The summed E-state index contributed by atoms with van der Waals surface area (Å²) in [6, 6.07) is 7.12. The normalized spacial score (nSPS) is 35.0. The van der Waals surface area contributed by atoms with Crippen LogP contribution >= 0.6 is 0 Å². The summed E-state index contributed by atoms with van der Waals surface area (Å²) in [6.07, 6.45) is 2.98. The Bertz CT molecular complexity index is 700. The minimum Gasteiger partial charge on any atom is -0.550 e. The number of aliphatic carboxylic acids is 1. The molecule has 2 bridgehead atoms. The highest BCUT2D eigenvalue weighted by Gasteiger charge is 2.65. The molecule has 0 aromatic heterocycles. The highest BCUT2D eigenvalue weighted by atomic mass is 16.5. The minimum absolute atomic E-state index is 0.241. The van der Waals surface area contributed by atoms with Crippen molar-refractivity contribution >= 4 is 17.6 Å². The molecule has 0 unspecified atom stereocenters. The first-order valence-electron chi connectivity index (χ1n) is 7.09. The van der Waals surface area contributed by atoms with E-state index in [2.05, 4.69) is 0 Å². The zero-order chi connectivity index (χ0) is 15.5. The first-order chi connectivity index (χ1) is 10.6. The van der Waals surface area contributed by atoms with E-state index in [1.807, 2.05) is 6.08 Å². The lowest BCUT2D eigenvalue weighted by Gasteiger charge is -2.24. The van der Waals surface area contributed by atoms with Crippen LogP contribution in [-0.4, -0.2) is 37.2 Å². The molecule has 1 amide bonds. The van der Waals surface area contributed by atoms with Gasteiger partial charge in [0.2, 0.25) is 5.91 Å². The number of anilines is 1. The number of carbonyl (C=O) groups is 2. The number of methoxy groups -OCH3 is 1. The molecule has 1 aromatic rings. The van der Waals surface area contributed by atoms with Crippen LogP contribution in [0.25, 0.3) is 0 Å². The fourth-order valence-electron chi connectivity index (χ4n) is 3.76. The fourth-order valence-corrected chi connectivity index (χ4v) is 3.76. The number of nitrogens with zero attached hydrogens (tertiary/aromatic N) is 1. The third kappa shape index (κ3) is 1.58. The van der Waals surface area contributed by atoms with Crippen molar-refractivity contribution in [2.45, 2.75) is 11.7 Å². The SMILES string of the molecule is COc1cccc(N2C[C@@]34C=C[C@H](O3)[C@@H](C(=O)[O-])[C@@H]4C2=O)c1. The largest absolute Gasteiger partial charge is 0.550 e. The lowest BCUT2D eigenvalue weighted by Crippen LogP contribution is -2.45. The molecule has 0 saturated carbocycles. The van der Waals surface area contributed by atoms with Crippen molar-refractivity contribution in [1.29, 1.82) is 0 Å². The van der Waals surface area contributed by atoms with Gasteiger partial charge in [0.1, 0.15) is 11.4 Å². The molecule has 2 fully saturated rings. The van der Waals surface area contributed by atoms with E-state index >= 15 is 0 Å². The molecule has 4 atom stereocenters. The molecule has 1 spiro atoms. The number of amides is 1. The van der Waals surface area contributed by atoms with Crippen molar-refractivity contribution in [2.75, 3.05) is 18.6 Å². The van der Waals surface area contributed by atoms with Crippen LogP contribution in [-0.2, 0) is 14.3 Å². The van der Waals surface area contributed by atoms with Gasteiger partial charge in [-0.2, -0.15) is 0 Å². The second kappa shape index (κ2) is 4.33. The number of fused-ring (bicyclic) bond motifs is 1. The maximum Gasteiger partial charge on any atom is 0.234 e. The van der Waals surface area contributed by atoms with Gasteiger partial charge in [0.05, 0.1) is 25.7 Å². The van der Waals surface area contributed by atoms with E-state index in [4.69, 9.17) is 9.47 Å². The Hall–Kier alpha value is -2.34. The molecule has 1 aromatic carbocycles. The zero-order valence-corrected chi connectivity index (χ0v) is 11.9. The predicted molar refractivity (Wildman–Crippen MR) is 74.1 cm³/mol. The monoisotopic (exact) mass is 300 g/mol. The van der Waals surface area contributed by atoms with E-state index in [9.17, 15) is 14.7 Å².